The number of carbonyl (C=O) groups is 1. The summed E-state index contributed by atoms with van der Waals surface area (Å²) < 4.78 is 6.25. The number of anilines is 2. The maximum absolute atomic E-state index is 12.3. The van der Waals surface area contributed by atoms with Crippen molar-refractivity contribution in [3.8, 4) is 5.75 Å². The smallest absolute Gasteiger partial charge is 0.343 e. The molecule has 0 atom stereocenters. The van der Waals surface area contributed by atoms with Crippen LogP contribution in [-0.4, -0.2) is 12.2 Å². The highest BCUT2D eigenvalue weighted by Crippen LogP contribution is 2.21. The van der Waals surface area contributed by atoms with E-state index in [4.69, 9.17) is 4.74 Å². The molecule has 0 bridgehead atoms. The number of nitrogens with one attached hydrogen (secondary N) is 1. The molecule has 0 aliphatic heterocycles. The SMILES string of the molecule is O=C(Oc1cccc(Br)c1)c1ccc(C=Nc2ccc(Nc3ccccc3)cc2)cc1. The molecule has 0 fully saturated rings. The van der Waals surface area contributed by atoms with Gasteiger partial charge >= 0.3 is 5.97 Å². The molecule has 0 spiro atoms. The quantitative estimate of drug-likeness (QED) is 0.184. The lowest BCUT2D eigenvalue weighted by atomic mass is 10.1. The molecule has 152 valence electrons. The molecule has 0 heterocycles. The fourth-order valence-electron chi connectivity index (χ4n) is 2.87. The highest BCUT2D eigenvalue weighted by Gasteiger charge is 2.08. The maximum Gasteiger partial charge on any atom is 0.343 e. The van der Waals surface area contributed by atoms with E-state index in [1.807, 2.05) is 78.9 Å². The summed E-state index contributed by atoms with van der Waals surface area (Å²) >= 11 is 3.36. The molecule has 0 aromatic heterocycles. The summed E-state index contributed by atoms with van der Waals surface area (Å²) in [7, 11) is 0. The molecular weight excluding hydrogens is 452 g/mol. The van der Waals surface area contributed by atoms with Crippen LogP contribution in [-0.2, 0) is 0 Å². The minimum atomic E-state index is -0.400. The zero-order chi connectivity index (χ0) is 21.5. The van der Waals surface area contributed by atoms with Crippen LogP contribution in [0.3, 0.4) is 0 Å². The molecule has 0 amide bonds. The summed E-state index contributed by atoms with van der Waals surface area (Å²) in [4.78, 5) is 16.8. The van der Waals surface area contributed by atoms with E-state index in [0.29, 0.717) is 11.3 Å². The molecule has 4 rings (SSSR count). The summed E-state index contributed by atoms with van der Waals surface area (Å²) in [6, 6.07) is 32.2. The van der Waals surface area contributed by atoms with Gasteiger partial charge in [0.05, 0.1) is 11.3 Å². The van der Waals surface area contributed by atoms with E-state index in [9.17, 15) is 4.79 Å². The van der Waals surface area contributed by atoms with E-state index in [2.05, 4.69) is 26.2 Å². The number of halogens is 1. The number of para-hydroxylation sites is 1. The van der Waals surface area contributed by atoms with Gasteiger partial charge in [-0.2, -0.15) is 0 Å². The molecule has 0 saturated carbocycles. The van der Waals surface area contributed by atoms with Gasteiger partial charge in [0.15, 0.2) is 0 Å². The van der Waals surface area contributed by atoms with Crippen LogP contribution in [0.1, 0.15) is 15.9 Å². The number of hydrogen-bond donors (Lipinski definition) is 1. The van der Waals surface area contributed by atoms with Crippen LogP contribution in [0, 0.1) is 0 Å². The number of benzene rings is 4. The topological polar surface area (TPSA) is 50.7 Å². The van der Waals surface area contributed by atoms with Crippen LogP contribution >= 0.6 is 15.9 Å². The van der Waals surface area contributed by atoms with E-state index in [1.165, 1.54) is 0 Å². The van der Waals surface area contributed by atoms with Gasteiger partial charge in [-0.05, 0) is 72.3 Å². The van der Waals surface area contributed by atoms with Crippen LogP contribution in [0.2, 0.25) is 0 Å². The van der Waals surface area contributed by atoms with Crippen molar-refractivity contribution in [2.45, 2.75) is 0 Å². The summed E-state index contributed by atoms with van der Waals surface area (Å²) in [5.74, 6) is 0.0957. The van der Waals surface area contributed by atoms with Gasteiger partial charge in [0.25, 0.3) is 0 Å². The van der Waals surface area contributed by atoms with Gasteiger partial charge in [0, 0.05) is 22.1 Å². The average molecular weight is 471 g/mol. The van der Waals surface area contributed by atoms with E-state index in [-0.39, 0.29) is 0 Å². The first kappa shape index (κ1) is 20.6. The third-order valence-corrected chi connectivity index (χ3v) is 4.94. The molecule has 0 aliphatic rings. The van der Waals surface area contributed by atoms with Crippen LogP contribution in [0.15, 0.2) is 113 Å². The first-order valence-electron chi connectivity index (χ1n) is 9.70. The molecule has 31 heavy (non-hydrogen) atoms. The first-order chi connectivity index (χ1) is 15.2. The lowest BCUT2D eigenvalue weighted by molar-refractivity contribution is 0.0734. The summed E-state index contributed by atoms with van der Waals surface area (Å²) in [5.41, 5.74) is 4.26. The number of hydrogen-bond acceptors (Lipinski definition) is 4. The minimum absolute atomic E-state index is 0.400. The molecule has 0 radical (unpaired) electrons. The van der Waals surface area contributed by atoms with Gasteiger partial charge in [-0.15, -0.1) is 0 Å². The van der Waals surface area contributed by atoms with Crippen LogP contribution < -0.4 is 10.1 Å². The molecule has 4 nitrogen and oxygen atoms in total. The highest BCUT2D eigenvalue weighted by molar-refractivity contribution is 9.10. The van der Waals surface area contributed by atoms with Gasteiger partial charge in [-0.25, -0.2) is 4.79 Å². The summed E-state index contributed by atoms with van der Waals surface area (Å²) in [6.07, 6.45) is 1.77. The number of rotatable bonds is 6. The fourth-order valence-corrected chi connectivity index (χ4v) is 3.25. The van der Waals surface area contributed by atoms with Crippen molar-refractivity contribution in [1.82, 2.24) is 0 Å². The first-order valence-corrected chi connectivity index (χ1v) is 10.5. The average Bonchev–Trinajstić information content (AvgIpc) is 2.80. The van der Waals surface area contributed by atoms with Crippen LogP contribution in [0.5, 0.6) is 5.75 Å². The van der Waals surface area contributed by atoms with E-state index in [0.717, 1.165) is 27.1 Å². The standard InChI is InChI=1S/C26H19BrN2O2/c27-21-5-4-8-25(17-21)31-26(30)20-11-9-19(10-12-20)18-28-22-13-15-24(16-14-22)29-23-6-2-1-3-7-23/h1-18,29H. The summed E-state index contributed by atoms with van der Waals surface area (Å²) in [5, 5.41) is 3.34. The number of esters is 1. The van der Waals surface area contributed by atoms with Gasteiger partial charge in [-0.1, -0.05) is 52.3 Å². The molecule has 0 aliphatic carbocycles. The zero-order valence-electron chi connectivity index (χ0n) is 16.5. The van der Waals surface area contributed by atoms with Crippen molar-refractivity contribution in [1.29, 1.82) is 0 Å². The normalized spacial score (nSPS) is 10.7. The molecule has 4 aromatic rings. The Balaban J connectivity index is 1.36. The third-order valence-electron chi connectivity index (χ3n) is 4.45. The van der Waals surface area contributed by atoms with Crippen molar-refractivity contribution in [2.24, 2.45) is 4.99 Å². The number of aliphatic imine (C=N–C) groups is 1. The lowest BCUT2D eigenvalue weighted by Crippen LogP contribution is -2.08. The van der Waals surface area contributed by atoms with Crippen molar-refractivity contribution in [2.75, 3.05) is 5.32 Å². The maximum atomic E-state index is 12.3. The Kier molecular flexibility index (Phi) is 6.55. The Morgan fingerprint density at radius 1 is 0.806 bits per heavy atom. The Bertz CT molecular complexity index is 1190. The van der Waals surface area contributed by atoms with Crippen LogP contribution in [0.4, 0.5) is 17.1 Å². The Morgan fingerprint density at radius 2 is 1.52 bits per heavy atom. The van der Waals surface area contributed by atoms with E-state index < -0.39 is 5.97 Å². The molecule has 0 saturated heterocycles. The Hall–Kier alpha value is -3.70. The van der Waals surface area contributed by atoms with Gasteiger partial charge in [0.2, 0.25) is 0 Å². The van der Waals surface area contributed by atoms with Gasteiger partial charge in [-0.3, -0.25) is 4.99 Å². The van der Waals surface area contributed by atoms with Crippen molar-refractivity contribution in [3.05, 3.63) is 119 Å². The highest BCUT2D eigenvalue weighted by atomic mass is 79.9. The molecule has 4 aromatic carbocycles. The Morgan fingerprint density at radius 3 is 2.23 bits per heavy atom. The second-order valence-electron chi connectivity index (χ2n) is 6.77. The molecular formula is C26H19BrN2O2. The monoisotopic (exact) mass is 470 g/mol. The van der Waals surface area contributed by atoms with E-state index >= 15 is 0 Å². The number of carbonyl (C=O) groups excluding carboxylic acids is 1. The van der Waals surface area contributed by atoms with E-state index in [1.54, 1.807) is 30.5 Å². The number of ether oxygens (including phenoxy) is 1. The number of nitrogens with zero attached hydrogens (tertiary/aromatic N) is 1. The molecule has 1 N–H and O–H groups in total. The predicted octanol–water partition coefficient (Wildman–Crippen LogP) is 7.16. The molecule has 5 heteroatoms. The fraction of sp³-hybridized carbons (Fsp3) is 0. The van der Waals surface area contributed by atoms with Gasteiger partial charge in [0.1, 0.15) is 5.75 Å². The van der Waals surface area contributed by atoms with Gasteiger partial charge < -0.3 is 10.1 Å². The minimum Gasteiger partial charge on any atom is -0.423 e. The Labute approximate surface area is 189 Å². The third kappa shape index (κ3) is 5.90. The van der Waals surface area contributed by atoms with Crippen LogP contribution in [0.25, 0.3) is 0 Å². The van der Waals surface area contributed by atoms with Crippen molar-refractivity contribution >= 4 is 45.2 Å². The second kappa shape index (κ2) is 9.87. The second-order valence-corrected chi connectivity index (χ2v) is 7.68. The summed E-state index contributed by atoms with van der Waals surface area (Å²) in [6.45, 7) is 0. The van der Waals surface area contributed by atoms with Crippen molar-refractivity contribution in [3.63, 3.8) is 0 Å². The molecule has 0 unspecified atom stereocenters. The zero-order valence-corrected chi connectivity index (χ0v) is 18.1. The van der Waals surface area contributed by atoms with Crippen molar-refractivity contribution < 1.29 is 9.53 Å². The largest absolute Gasteiger partial charge is 0.423 e. The predicted molar refractivity (Wildman–Crippen MR) is 129 cm³/mol. The lowest BCUT2D eigenvalue weighted by Gasteiger charge is -2.06.